The molecule has 0 unspecified atom stereocenters. The van der Waals surface area contributed by atoms with Crippen LogP contribution in [0.1, 0.15) is 25.7 Å². The molecule has 4 nitrogen and oxygen atoms in total. The molecule has 80 valence electrons. The first-order chi connectivity index (χ1) is 6.24. The third-order valence-electron chi connectivity index (χ3n) is 2.40. The Balaban J connectivity index is 3.97. The van der Waals surface area contributed by atoms with Crippen molar-refractivity contribution in [2.45, 2.75) is 25.7 Å². The topological polar surface area (TPSA) is 80.9 Å². The Morgan fingerprint density at radius 1 is 0.692 bits per heavy atom. The van der Waals surface area contributed by atoms with Crippen molar-refractivity contribution in [2.24, 2.45) is 5.41 Å². The van der Waals surface area contributed by atoms with Crippen LogP contribution in [0.15, 0.2) is 0 Å². The van der Waals surface area contributed by atoms with Crippen molar-refractivity contribution < 1.29 is 20.4 Å². The van der Waals surface area contributed by atoms with Crippen molar-refractivity contribution in [2.75, 3.05) is 26.4 Å². The van der Waals surface area contributed by atoms with Gasteiger partial charge in [0.15, 0.2) is 0 Å². The highest BCUT2D eigenvalue weighted by molar-refractivity contribution is 4.77. The number of aliphatic hydroxyl groups is 4. The minimum atomic E-state index is -0.522. The lowest BCUT2D eigenvalue weighted by molar-refractivity contribution is 0.0291. The van der Waals surface area contributed by atoms with Crippen LogP contribution in [0, 0.1) is 5.41 Å². The molecule has 13 heavy (non-hydrogen) atoms. The second-order valence-corrected chi connectivity index (χ2v) is 3.47. The minimum Gasteiger partial charge on any atom is -0.396 e. The van der Waals surface area contributed by atoms with Gasteiger partial charge < -0.3 is 20.4 Å². The third kappa shape index (κ3) is 4.57. The standard InChI is InChI=1S/C9H20O4/c10-5-1-3-9(7-12,8-13)4-2-6-11/h10-13H,1-8H2. The molecule has 0 spiro atoms. The summed E-state index contributed by atoms with van der Waals surface area (Å²) in [6.45, 7) is -0.0469. The van der Waals surface area contributed by atoms with E-state index >= 15 is 0 Å². The molecular formula is C9H20O4. The Bertz CT molecular complexity index is 102. The highest BCUT2D eigenvalue weighted by Crippen LogP contribution is 2.28. The number of aliphatic hydroxyl groups excluding tert-OH is 4. The van der Waals surface area contributed by atoms with Gasteiger partial charge in [-0.25, -0.2) is 0 Å². The molecular weight excluding hydrogens is 172 g/mol. The summed E-state index contributed by atoms with van der Waals surface area (Å²) in [5.74, 6) is 0. The lowest BCUT2D eigenvalue weighted by atomic mass is 9.80. The van der Waals surface area contributed by atoms with Gasteiger partial charge in [0, 0.05) is 18.6 Å². The van der Waals surface area contributed by atoms with E-state index in [1.54, 1.807) is 0 Å². The molecule has 0 saturated heterocycles. The summed E-state index contributed by atoms with van der Waals surface area (Å²) >= 11 is 0. The van der Waals surface area contributed by atoms with Crippen molar-refractivity contribution in [3.05, 3.63) is 0 Å². The van der Waals surface area contributed by atoms with Crippen LogP contribution in [-0.2, 0) is 0 Å². The Labute approximate surface area is 78.8 Å². The first kappa shape index (κ1) is 12.8. The predicted octanol–water partition coefficient (Wildman–Crippen LogP) is -0.498. The van der Waals surface area contributed by atoms with Gasteiger partial charge >= 0.3 is 0 Å². The SMILES string of the molecule is OCCCC(CO)(CO)CCCO. The van der Waals surface area contributed by atoms with Gasteiger partial charge in [-0.3, -0.25) is 0 Å². The molecule has 0 amide bonds. The van der Waals surface area contributed by atoms with Crippen LogP contribution in [0.25, 0.3) is 0 Å². The monoisotopic (exact) mass is 192 g/mol. The van der Waals surface area contributed by atoms with Gasteiger partial charge in [0.25, 0.3) is 0 Å². The molecule has 0 bridgehead atoms. The highest BCUT2D eigenvalue weighted by atomic mass is 16.3. The summed E-state index contributed by atoms with van der Waals surface area (Å²) in [6.07, 6.45) is 2.34. The zero-order valence-corrected chi connectivity index (χ0v) is 7.95. The molecule has 0 aliphatic carbocycles. The molecule has 0 fully saturated rings. The average molecular weight is 192 g/mol. The van der Waals surface area contributed by atoms with Gasteiger partial charge in [0.2, 0.25) is 0 Å². The van der Waals surface area contributed by atoms with Crippen LogP contribution >= 0.6 is 0 Å². The summed E-state index contributed by atoms with van der Waals surface area (Å²) in [5, 5.41) is 35.5. The van der Waals surface area contributed by atoms with E-state index in [2.05, 4.69) is 0 Å². The number of rotatable bonds is 8. The summed E-state index contributed by atoms with van der Waals surface area (Å²) < 4.78 is 0. The fourth-order valence-corrected chi connectivity index (χ4v) is 1.40. The quantitative estimate of drug-likeness (QED) is 0.418. The van der Waals surface area contributed by atoms with Gasteiger partial charge in [0.1, 0.15) is 0 Å². The summed E-state index contributed by atoms with van der Waals surface area (Å²) in [6, 6.07) is 0. The molecule has 0 heterocycles. The Kier molecular flexibility index (Phi) is 7.17. The molecule has 0 aromatic heterocycles. The molecule has 0 aromatic rings. The highest BCUT2D eigenvalue weighted by Gasteiger charge is 2.27. The fraction of sp³-hybridized carbons (Fsp3) is 1.00. The Hall–Kier alpha value is -0.160. The zero-order chi connectivity index (χ0) is 10.2. The summed E-state index contributed by atoms with van der Waals surface area (Å²) in [5.41, 5.74) is -0.522. The molecule has 0 radical (unpaired) electrons. The number of hydrogen-bond acceptors (Lipinski definition) is 4. The minimum absolute atomic E-state index is 0.0703. The van der Waals surface area contributed by atoms with Gasteiger partial charge in [-0.15, -0.1) is 0 Å². The van der Waals surface area contributed by atoms with Gasteiger partial charge in [-0.05, 0) is 25.7 Å². The van der Waals surface area contributed by atoms with Gasteiger partial charge in [0.05, 0.1) is 13.2 Å². The van der Waals surface area contributed by atoms with Gasteiger partial charge in [-0.2, -0.15) is 0 Å². The largest absolute Gasteiger partial charge is 0.396 e. The van der Waals surface area contributed by atoms with Crippen molar-refractivity contribution in [3.63, 3.8) is 0 Å². The second kappa shape index (κ2) is 7.26. The van der Waals surface area contributed by atoms with Crippen molar-refractivity contribution >= 4 is 0 Å². The first-order valence-electron chi connectivity index (χ1n) is 4.68. The van der Waals surface area contributed by atoms with Crippen molar-refractivity contribution in [1.82, 2.24) is 0 Å². The first-order valence-corrected chi connectivity index (χ1v) is 4.68. The molecule has 4 heteroatoms. The van der Waals surface area contributed by atoms with Crippen LogP contribution in [0.5, 0.6) is 0 Å². The predicted molar refractivity (Wildman–Crippen MR) is 49.2 cm³/mol. The van der Waals surface area contributed by atoms with Crippen LogP contribution in [0.2, 0.25) is 0 Å². The molecule has 0 aliphatic rings. The Morgan fingerprint density at radius 3 is 1.31 bits per heavy atom. The normalized spacial score (nSPS) is 12.0. The van der Waals surface area contributed by atoms with Gasteiger partial charge in [-0.1, -0.05) is 0 Å². The van der Waals surface area contributed by atoms with E-state index in [-0.39, 0.29) is 26.4 Å². The molecule has 0 aliphatic heterocycles. The molecule has 0 aromatic carbocycles. The average Bonchev–Trinajstić information content (AvgIpc) is 2.20. The van der Waals surface area contributed by atoms with E-state index in [0.29, 0.717) is 25.7 Å². The molecule has 0 atom stereocenters. The van der Waals surface area contributed by atoms with Crippen molar-refractivity contribution in [3.8, 4) is 0 Å². The van der Waals surface area contributed by atoms with Crippen LogP contribution in [0.3, 0.4) is 0 Å². The molecule has 0 saturated carbocycles. The lowest BCUT2D eigenvalue weighted by Crippen LogP contribution is -2.30. The van der Waals surface area contributed by atoms with E-state index in [0.717, 1.165) is 0 Å². The van der Waals surface area contributed by atoms with E-state index < -0.39 is 5.41 Å². The smallest absolute Gasteiger partial charge is 0.0509 e. The Morgan fingerprint density at radius 2 is 1.08 bits per heavy atom. The lowest BCUT2D eigenvalue weighted by Gasteiger charge is -2.29. The maximum Gasteiger partial charge on any atom is 0.0509 e. The summed E-state index contributed by atoms with van der Waals surface area (Å²) in [7, 11) is 0. The third-order valence-corrected chi connectivity index (χ3v) is 2.40. The molecule has 0 rings (SSSR count). The van der Waals surface area contributed by atoms with Crippen LogP contribution in [-0.4, -0.2) is 46.9 Å². The fourth-order valence-electron chi connectivity index (χ4n) is 1.40. The van der Waals surface area contributed by atoms with Crippen LogP contribution < -0.4 is 0 Å². The van der Waals surface area contributed by atoms with E-state index in [1.807, 2.05) is 0 Å². The van der Waals surface area contributed by atoms with Crippen molar-refractivity contribution in [1.29, 1.82) is 0 Å². The van der Waals surface area contributed by atoms with E-state index in [4.69, 9.17) is 20.4 Å². The maximum atomic E-state index is 9.11. The molecule has 4 N–H and O–H groups in total. The number of hydrogen-bond donors (Lipinski definition) is 4. The van der Waals surface area contributed by atoms with E-state index in [9.17, 15) is 0 Å². The maximum absolute atomic E-state index is 9.11. The van der Waals surface area contributed by atoms with Crippen LogP contribution in [0.4, 0.5) is 0 Å². The zero-order valence-electron chi connectivity index (χ0n) is 7.95. The summed E-state index contributed by atoms with van der Waals surface area (Å²) in [4.78, 5) is 0. The second-order valence-electron chi connectivity index (χ2n) is 3.47. The van der Waals surface area contributed by atoms with E-state index in [1.165, 1.54) is 0 Å².